The van der Waals surface area contributed by atoms with Crippen molar-refractivity contribution in [3.05, 3.63) is 59.3 Å². The zero-order valence-electron chi connectivity index (χ0n) is 11.7. The molecule has 0 atom stereocenters. The molecular formula is C16H18N2O2. The van der Waals surface area contributed by atoms with Gasteiger partial charge >= 0.3 is 0 Å². The van der Waals surface area contributed by atoms with Gasteiger partial charge in [-0.15, -0.1) is 0 Å². The molecule has 1 N–H and O–H groups in total. The van der Waals surface area contributed by atoms with Gasteiger partial charge in [-0.1, -0.05) is 23.8 Å². The molecule has 20 heavy (non-hydrogen) atoms. The fourth-order valence-electron chi connectivity index (χ4n) is 1.67. The first-order valence-electron chi connectivity index (χ1n) is 6.55. The zero-order valence-corrected chi connectivity index (χ0v) is 11.7. The Morgan fingerprint density at radius 1 is 1.10 bits per heavy atom. The number of carbonyl (C=O) groups is 1. The standard InChI is InChI=1S/C16H18N2O2/c1-12-3-6-14(7-4-12)16(19)17-9-10-20-15-8-5-13(2)11-18-15/h3-8,11H,9-10H2,1-2H3,(H,17,19). The van der Waals surface area contributed by atoms with Crippen LogP contribution in [0.5, 0.6) is 5.88 Å². The minimum Gasteiger partial charge on any atom is -0.476 e. The maximum Gasteiger partial charge on any atom is 0.251 e. The highest BCUT2D eigenvalue weighted by molar-refractivity contribution is 5.94. The van der Waals surface area contributed by atoms with Gasteiger partial charge in [0.15, 0.2) is 0 Å². The molecule has 1 heterocycles. The number of benzene rings is 1. The summed E-state index contributed by atoms with van der Waals surface area (Å²) >= 11 is 0. The number of rotatable bonds is 5. The number of carbonyl (C=O) groups excluding carboxylic acids is 1. The molecule has 1 aromatic carbocycles. The number of hydrogen-bond donors (Lipinski definition) is 1. The van der Waals surface area contributed by atoms with Crippen LogP contribution in [0.25, 0.3) is 0 Å². The summed E-state index contributed by atoms with van der Waals surface area (Å²) in [5.74, 6) is 0.477. The van der Waals surface area contributed by atoms with Gasteiger partial charge in [0.2, 0.25) is 5.88 Å². The number of aryl methyl sites for hydroxylation is 2. The van der Waals surface area contributed by atoms with Gasteiger partial charge in [0.25, 0.3) is 5.91 Å². The second-order valence-corrected chi connectivity index (χ2v) is 4.64. The van der Waals surface area contributed by atoms with Crippen molar-refractivity contribution in [3.63, 3.8) is 0 Å². The van der Waals surface area contributed by atoms with Crippen LogP contribution >= 0.6 is 0 Å². The topological polar surface area (TPSA) is 51.2 Å². The Morgan fingerprint density at radius 3 is 2.45 bits per heavy atom. The monoisotopic (exact) mass is 270 g/mol. The maximum absolute atomic E-state index is 11.8. The molecule has 4 heteroatoms. The molecule has 104 valence electrons. The number of aromatic nitrogens is 1. The Kier molecular flexibility index (Phi) is 4.71. The van der Waals surface area contributed by atoms with Crippen LogP contribution in [0.1, 0.15) is 21.5 Å². The first kappa shape index (κ1) is 14.1. The summed E-state index contributed by atoms with van der Waals surface area (Å²) in [4.78, 5) is 16.0. The van der Waals surface area contributed by atoms with E-state index >= 15 is 0 Å². The normalized spacial score (nSPS) is 10.1. The molecule has 0 spiro atoms. The van der Waals surface area contributed by atoms with Gasteiger partial charge < -0.3 is 10.1 Å². The van der Waals surface area contributed by atoms with Crippen LogP contribution in [0.2, 0.25) is 0 Å². The highest BCUT2D eigenvalue weighted by Crippen LogP contribution is 2.06. The Balaban J connectivity index is 1.74. The lowest BCUT2D eigenvalue weighted by Gasteiger charge is -2.07. The Bertz CT molecular complexity index is 562. The van der Waals surface area contributed by atoms with Crippen molar-refractivity contribution in [3.8, 4) is 5.88 Å². The molecule has 0 unspecified atom stereocenters. The lowest BCUT2D eigenvalue weighted by atomic mass is 10.1. The summed E-state index contributed by atoms with van der Waals surface area (Å²) in [6.07, 6.45) is 1.75. The molecule has 2 aromatic rings. The van der Waals surface area contributed by atoms with Crippen molar-refractivity contribution in [1.29, 1.82) is 0 Å². The van der Waals surface area contributed by atoms with Gasteiger partial charge in [-0.25, -0.2) is 4.98 Å². The van der Waals surface area contributed by atoms with Crippen LogP contribution in [-0.2, 0) is 0 Å². The minimum atomic E-state index is -0.0922. The second kappa shape index (κ2) is 6.70. The van der Waals surface area contributed by atoms with Gasteiger partial charge in [-0.05, 0) is 31.5 Å². The molecule has 0 fully saturated rings. The first-order valence-corrected chi connectivity index (χ1v) is 6.55. The second-order valence-electron chi connectivity index (χ2n) is 4.64. The lowest BCUT2D eigenvalue weighted by Crippen LogP contribution is -2.28. The summed E-state index contributed by atoms with van der Waals surface area (Å²) in [5, 5.41) is 2.81. The average molecular weight is 270 g/mol. The highest BCUT2D eigenvalue weighted by atomic mass is 16.5. The van der Waals surface area contributed by atoms with Gasteiger partial charge in [0, 0.05) is 17.8 Å². The van der Waals surface area contributed by atoms with Gasteiger partial charge in [-0.3, -0.25) is 4.79 Å². The first-order chi connectivity index (χ1) is 9.65. The molecule has 0 saturated carbocycles. The van der Waals surface area contributed by atoms with Crippen molar-refractivity contribution in [2.75, 3.05) is 13.2 Å². The van der Waals surface area contributed by atoms with Crippen LogP contribution in [0.3, 0.4) is 0 Å². The molecule has 0 radical (unpaired) electrons. The van der Waals surface area contributed by atoms with Gasteiger partial charge in [-0.2, -0.15) is 0 Å². The summed E-state index contributed by atoms with van der Waals surface area (Å²) in [5.41, 5.74) is 2.88. The number of ether oxygens (including phenoxy) is 1. The third-order valence-electron chi connectivity index (χ3n) is 2.84. The minimum absolute atomic E-state index is 0.0922. The molecule has 0 aliphatic rings. The highest BCUT2D eigenvalue weighted by Gasteiger charge is 2.04. The third kappa shape index (κ3) is 4.09. The largest absolute Gasteiger partial charge is 0.476 e. The number of nitrogens with zero attached hydrogens (tertiary/aromatic N) is 1. The fraction of sp³-hybridized carbons (Fsp3) is 0.250. The quantitative estimate of drug-likeness (QED) is 0.849. The van der Waals surface area contributed by atoms with Crippen LogP contribution in [0, 0.1) is 13.8 Å². The van der Waals surface area contributed by atoms with E-state index in [1.54, 1.807) is 6.20 Å². The summed E-state index contributed by atoms with van der Waals surface area (Å²) in [7, 11) is 0. The van der Waals surface area contributed by atoms with Crippen molar-refractivity contribution in [1.82, 2.24) is 10.3 Å². The van der Waals surface area contributed by atoms with E-state index in [-0.39, 0.29) is 5.91 Å². The SMILES string of the molecule is Cc1ccc(C(=O)NCCOc2ccc(C)cn2)cc1. The molecule has 1 amide bonds. The molecular weight excluding hydrogens is 252 g/mol. The fourth-order valence-corrected chi connectivity index (χ4v) is 1.67. The molecule has 2 rings (SSSR count). The molecule has 0 aliphatic carbocycles. The van der Waals surface area contributed by atoms with E-state index in [4.69, 9.17) is 4.74 Å². The van der Waals surface area contributed by atoms with Gasteiger partial charge in [0.1, 0.15) is 6.61 Å². The lowest BCUT2D eigenvalue weighted by molar-refractivity contribution is 0.0946. The average Bonchev–Trinajstić information content (AvgIpc) is 2.46. The Hall–Kier alpha value is -2.36. The van der Waals surface area contributed by atoms with Crippen LogP contribution in [-0.4, -0.2) is 24.0 Å². The summed E-state index contributed by atoms with van der Waals surface area (Å²) in [6, 6.07) is 11.2. The predicted octanol–water partition coefficient (Wildman–Crippen LogP) is 2.51. The van der Waals surface area contributed by atoms with E-state index in [0.29, 0.717) is 24.6 Å². The number of pyridine rings is 1. The van der Waals surface area contributed by atoms with Crippen LogP contribution in [0.15, 0.2) is 42.6 Å². The zero-order chi connectivity index (χ0) is 14.4. The third-order valence-corrected chi connectivity index (χ3v) is 2.84. The predicted molar refractivity (Wildman–Crippen MR) is 78.0 cm³/mol. The van der Waals surface area contributed by atoms with Gasteiger partial charge in [0.05, 0.1) is 6.54 Å². The number of nitrogens with one attached hydrogen (secondary N) is 1. The number of hydrogen-bond acceptors (Lipinski definition) is 3. The molecule has 0 aliphatic heterocycles. The Labute approximate surface area is 118 Å². The van der Waals surface area contributed by atoms with E-state index < -0.39 is 0 Å². The van der Waals surface area contributed by atoms with Crippen LogP contribution < -0.4 is 10.1 Å². The molecule has 4 nitrogen and oxygen atoms in total. The molecule has 0 bridgehead atoms. The maximum atomic E-state index is 11.8. The van der Waals surface area contributed by atoms with E-state index in [9.17, 15) is 4.79 Å². The van der Waals surface area contributed by atoms with Crippen molar-refractivity contribution in [2.24, 2.45) is 0 Å². The van der Waals surface area contributed by atoms with Crippen LogP contribution in [0.4, 0.5) is 0 Å². The smallest absolute Gasteiger partial charge is 0.251 e. The number of amides is 1. The van der Waals surface area contributed by atoms with Crippen molar-refractivity contribution >= 4 is 5.91 Å². The van der Waals surface area contributed by atoms with E-state index in [2.05, 4.69) is 10.3 Å². The Morgan fingerprint density at radius 2 is 1.80 bits per heavy atom. The molecule has 0 saturated heterocycles. The van der Waals surface area contributed by atoms with E-state index in [1.165, 1.54) is 0 Å². The van der Waals surface area contributed by atoms with Crippen molar-refractivity contribution < 1.29 is 9.53 Å². The summed E-state index contributed by atoms with van der Waals surface area (Å²) < 4.78 is 5.44. The molecule has 1 aromatic heterocycles. The van der Waals surface area contributed by atoms with Crippen molar-refractivity contribution in [2.45, 2.75) is 13.8 Å². The van der Waals surface area contributed by atoms with E-state index in [0.717, 1.165) is 11.1 Å². The van der Waals surface area contributed by atoms with E-state index in [1.807, 2.05) is 50.2 Å². The summed E-state index contributed by atoms with van der Waals surface area (Å²) in [6.45, 7) is 4.80.